The highest BCUT2D eigenvalue weighted by molar-refractivity contribution is 6.39. The third-order valence-electron chi connectivity index (χ3n) is 4.77. The molecule has 0 fully saturated rings. The van der Waals surface area contributed by atoms with Crippen molar-refractivity contribution < 1.29 is 24.5 Å². The van der Waals surface area contributed by atoms with Crippen LogP contribution in [0.2, 0.25) is 10.0 Å². The average molecular weight is 474 g/mol. The number of hydrogen-bond acceptors (Lipinski definition) is 5. The number of benzene rings is 3. The number of carbonyl (C=O) groups excluding carboxylic acids is 2. The first-order valence-electron chi connectivity index (χ1n) is 9.83. The summed E-state index contributed by atoms with van der Waals surface area (Å²) in [5.74, 6) is -1.28. The summed E-state index contributed by atoms with van der Waals surface area (Å²) in [6.07, 6.45) is 0.152. The molecule has 0 bridgehead atoms. The van der Waals surface area contributed by atoms with Crippen molar-refractivity contribution in [3.8, 4) is 22.6 Å². The van der Waals surface area contributed by atoms with Crippen LogP contribution < -0.4 is 5.32 Å². The van der Waals surface area contributed by atoms with Crippen LogP contribution in [0.5, 0.6) is 11.5 Å². The summed E-state index contributed by atoms with van der Waals surface area (Å²) < 4.78 is 5.11. The maximum absolute atomic E-state index is 12.8. The summed E-state index contributed by atoms with van der Waals surface area (Å²) in [5, 5.41) is 23.1. The van der Waals surface area contributed by atoms with Gasteiger partial charge in [-0.15, -0.1) is 0 Å². The predicted octanol–water partition coefficient (Wildman–Crippen LogP) is 4.98. The van der Waals surface area contributed by atoms with Gasteiger partial charge in [-0.3, -0.25) is 4.79 Å². The molecule has 3 aromatic rings. The van der Waals surface area contributed by atoms with Crippen LogP contribution in [0.25, 0.3) is 11.1 Å². The number of rotatable bonds is 7. The van der Waals surface area contributed by atoms with Crippen molar-refractivity contribution in [3.05, 3.63) is 81.8 Å². The van der Waals surface area contributed by atoms with Gasteiger partial charge in [0, 0.05) is 6.42 Å². The summed E-state index contributed by atoms with van der Waals surface area (Å²) in [6.45, 7) is 1.83. The third-order valence-corrected chi connectivity index (χ3v) is 5.40. The second-order valence-electron chi connectivity index (χ2n) is 6.95. The van der Waals surface area contributed by atoms with Crippen LogP contribution in [0.3, 0.4) is 0 Å². The van der Waals surface area contributed by atoms with Crippen LogP contribution in [0.4, 0.5) is 0 Å². The minimum atomic E-state index is -0.973. The number of phenolic OH excluding ortho intramolecular Hbond substituents is 2. The second-order valence-corrected chi connectivity index (χ2v) is 7.76. The Morgan fingerprint density at radius 2 is 1.50 bits per heavy atom. The van der Waals surface area contributed by atoms with E-state index in [-0.39, 0.29) is 40.1 Å². The molecule has 3 N–H and O–H groups in total. The normalized spacial score (nSPS) is 11.6. The Morgan fingerprint density at radius 1 is 0.938 bits per heavy atom. The maximum atomic E-state index is 12.8. The highest BCUT2D eigenvalue weighted by Gasteiger charge is 2.25. The molecule has 0 aliphatic carbocycles. The number of carbonyl (C=O) groups is 2. The van der Waals surface area contributed by atoms with E-state index in [4.69, 9.17) is 27.9 Å². The first-order chi connectivity index (χ1) is 15.3. The van der Waals surface area contributed by atoms with E-state index in [1.54, 1.807) is 43.3 Å². The molecular weight excluding hydrogens is 453 g/mol. The summed E-state index contributed by atoms with van der Waals surface area (Å²) >= 11 is 12.2. The van der Waals surface area contributed by atoms with Crippen LogP contribution >= 0.6 is 23.2 Å². The van der Waals surface area contributed by atoms with Crippen molar-refractivity contribution in [3.63, 3.8) is 0 Å². The Labute approximate surface area is 195 Å². The Morgan fingerprint density at radius 3 is 2.06 bits per heavy atom. The molecule has 3 aromatic carbocycles. The molecule has 1 amide bonds. The average Bonchev–Trinajstić information content (AvgIpc) is 2.74. The number of hydrogen-bond donors (Lipinski definition) is 3. The number of nitrogens with one attached hydrogen (secondary N) is 1. The molecule has 8 heteroatoms. The van der Waals surface area contributed by atoms with Gasteiger partial charge in [-0.1, -0.05) is 59.6 Å². The van der Waals surface area contributed by atoms with Crippen molar-refractivity contribution in [2.45, 2.75) is 19.4 Å². The van der Waals surface area contributed by atoms with Crippen molar-refractivity contribution in [1.29, 1.82) is 0 Å². The zero-order valence-electron chi connectivity index (χ0n) is 17.1. The molecule has 0 unspecified atom stereocenters. The Balaban J connectivity index is 1.83. The summed E-state index contributed by atoms with van der Waals surface area (Å²) in [6, 6.07) is 15.1. The monoisotopic (exact) mass is 473 g/mol. The highest BCUT2D eigenvalue weighted by atomic mass is 35.5. The number of ether oxygens (including phenoxy) is 1. The van der Waals surface area contributed by atoms with Gasteiger partial charge in [0.05, 0.1) is 27.8 Å². The van der Waals surface area contributed by atoms with E-state index in [2.05, 4.69) is 5.32 Å². The SMILES string of the molecule is CCOC(=O)[C@H](Cc1ccc(-c2c(O)cccc2O)cc1)NC(=O)c1c(Cl)cccc1Cl. The first-order valence-corrected chi connectivity index (χ1v) is 10.6. The molecule has 6 nitrogen and oxygen atoms in total. The Hall–Kier alpha value is -3.22. The minimum Gasteiger partial charge on any atom is -0.507 e. The predicted molar refractivity (Wildman–Crippen MR) is 123 cm³/mol. The van der Waals surface area contributed by atoms with Gasteiger partial charge in [-0.25, -0.2) is 4.79 Å². The number of esters is 1. The summed E-state index contributed by atoms with van der Waals surface area (Å²) in [5.41, 5.74) is 1.72. The van der Waals surface area contributed by atoms with Gasteiger partial charge in [0.2, 0.25) is 0 Å². The molecule has 0 saturated heterocycles. The number of halogens is 2. The number of amides is 1. The van der Waals surface area contributed by atoms with Crippen LogP contribution in [0, 0.1) is 0 Å². The minimum absolute atomic E-state index is 0.0500. The highest BCUT2D eigenvalue weighted by Crippen LogP contribution is 2.36. The smallest absolute Gasteiger partial charge is 0.328 e. The van der Waals surface area contributed by atoms with Crippen LogP contribution in [0.1, 0.15) is 22.8 Å². The summed E-state index contributed by atoms with van der Waals surface area (Å²) in [4.78, 5) is 25.3. The van der Waals surface area contributed by atoms with Crippen molar-refractivity contribution in [2.24, 2.45) is 0 Å². The van der Waals surface area contributed by atoms with Crippen LogP contribution in [-0.4, -0.2) is 34.7 Å². The number of aromatic hydroxyl groups is 2. The molecule has 0 aromatic heterocycles. The van der Waals surface area contributed by atoms with Crippen LogP contribution in [-0.2, 0) is 16.0 Å². The number of phenols is 2. The molecule has 32 heavy (non-hydrogen) atoms. The standard InChI is InChI=1S/C24H21Cl2NO5/c1-2-32-24(31)18(27-23(30)22-16(25)5-3-6-17(22)26)13-14-9-11-15(12-10-14)21-19(28)7-4-8-20(21)29/h3-12,18,28-29H,2,13H2,1H3,(H,27,30)/t18-/m0/s1. The topological polar surface area (TPSA) is 95.9 Å². The van der Waals surface area contributed by atoms with Gasteiger partial charge in [0.25, 0.3) is 5.91 Å². The maximum Gasteiger partial charge on any atom is 0.328 e. The van der Waals surface area contributed by atoms with E-state index in [0.29, 0.717) is 11.1 Å². The fraction of sp³-hybridized carbons (Fsp3) is 0.167. The molecule has 0 aliphatic heterocycles. The molecule has 0 spiro atoms. The quantitative estimate of drug-likeness (QED) is 0.420. The van der Waals surface area contributed by atoms with Crippen molar-refractivity contribution in [1.82, 2.24) is 5.32 Å². The fourth-order valence-electron chi connectivity index (χ4n) is 3.25. The van der Waals surface area contributed by atoms with Crippen molar-refractivity contribution in [2.75, 3.05) is 6.61 Å². The zero-order valence-corrected chi connectivity index (χ0v) is 18.7. The van der Waals surface area contributed by atoms with E-state index in [0.717, 1.165) is 5.56 Å². The molecule has 3 rings (SSSR count). The van der Waals surface area contributed by atoms with E-state index in [1.165, 1.54) is 24.3 Å². The lowest BCUT2D eigenvalue weighted by atomic mass is 9.99. The summed E-state index contributed by atoms with van der Waals surface area (Å²) in [7, 11) is 0. The second kappa shape index (κ2) is 10.4. The fourth-order valence-corrected chi connectivity index (χ4v) is 3.82. The van der Waals surface area contributed by atoms with E-state index in [1.807, 2.05) is 0 Å². The third kappa shape index (κ3) is 5.33. The molecule has 0 saturated carbocycles. The lowest BCUT2D eigenvalue weighted by molar-refractivity contribution is -0.145. The van der Waals surface area contributed by atoms with Gasteiger partial charge >= 0.3 is 5.97 Å². The lowest BCUT2D eigenvalue weighted by Gasteiger charge is -2.18. The molecule has 0 radical (unpaired) electrons. The van der Waals surface area contributed by atoms with Gasteiger partial charge in [0.15, 0.2) is 0 Å². The first kappa shape index (κ1) is 23.4. The Kier molecular flexibility index (Phi) is 7.62. The molecular formula is C24H21Cl2NO5. The zero-order chi connectivity index (χ0) is 23.3. The van der Waals surface area contributed by atoms with Gasteiger partial charge in [0.1, 0.15) is 17.5 Å². The van der Waals surface area contributed by atoms with Gasteiger partial charge in [-0.05, 0) is 42.3 Å². The van der Waals surface area contributed by atoms with Gasteiger partial charge in [-0.2, -0.15) is 0 Å². The molecule has 0 heterocycles. The van der Waals surface area contributed by atoms with Crippen molar-refractivity contribution >= 4 is 35.1 Å². The van der Waals surface area contributed by atoms with E-state index >= 15 is 0 Å². The molecule has 166 valence electrons. The van der Waals surface area contributed by atoms with E-state index in [9.17, 15) is 19.8 Å². The Bertz CT molecular complexity index is 1090. The van der Waals surface area contributed by atoms with Gasteiger partial charge < -0.3 is 20.3 Å². The van der Waals surface area contributed by atoms with E-state index < -0.39 is 17.9 Å². The lowest BCUT2D eigenvalue weighted by Crippen LogP contribution is -2.43. The molecule has 1 atom stereocenters. The van der Waals surface area contributed by atoms with Crippen LogP contribution in [0.15, 0.2) is 60.7 Å². The molecule has 0 aliphatic rings. The largest absolute Gasteiger partial charge is 0.507 e.